The number of methoxy groups -OCH3 is 2. The Morgan fingerprint density at radius 1 is 1.32 bits per heavy atom. The topological polar surface area (TPSA) is 77.4 Å². The molecule has 1 aromatic carbocycles. The van der Waals surface area contributed by atoms with Crippen molar-refractivity contribution in [2.75, 3.05) is 26.1 Å². The summed E-state index contributed by atoms with van der Waals surface area (Å²) in [6.07, 6.45) is 0. The number of anilines is 1. The highest BCUT2D eigenvalue weighted by molar-refractivity contribution is 6.32. The Hall–Kier alpha value is -2.25. The summed E-state index contributed by atoms with van der Waals surface area (Å²) >= 11 is 6.05. The molecule has 0 spiro atoms. The number of rotatable bonds is 7. The summed E-state index contributed by atoms with van der Waals surface area (Å²) in [6.45, 7) is 5.54. The monoisotopic (exact) mass is 366 g/mol. The largest absolute Gasteiger partial charge is 0.493 e. The third-order valence-corrected chi connectivity index (χ3v) is 4.18. The van der Waals surface area contributed by atoms with Crippen molar-refractivity contribution in [2.45, 2.75) is 26.9 Å². The van der Waals surface area contributed by atoms with E-state index in [1.54, 1.807) is 25.3 Å². The number of aromatic nitrogens is 2. The van der Waals surface area contributed by atoms with Gasteiger partial charge in [-0.25, -0.2) is 4.79 Å². The van der Waals surface area contributed by atoms with Gasteiger partial charge in [0.1, 0.15) is 0 Å². The van der Waals surface area contributed by atoms with Crippen LogP contribution in [0.25, 0.3) is 0 Å². The first-order chi connectivity index (χ1) is 12.0. The quantitative estimate of drug-likeness (QED) is 0.789. The Labute approximate surface area is 152 Å². The predicted molar refractivity (Wildman–Crippen MR) is 97.4 cm³/mol. The minimum absolute atomic E-state index is 0.344. The number of carbonyl (C=O) groups excluding carboxylic acids is 1. The first-order valence-electron chi connectivity index (χ1n) is 7.87. The SMILES string of the molecule is COCCn1nc(C)c(CNC(=O)Nc2cccc(Cl)c2OC)c1C. The fourth-order valence-corrected chi connectivity index (χ4v) is 2.79. The molecule has 8 heteroatoms. The second kappa shape index (κ2) is 8.73. The van der Waals surface area contributed by atoms with Crippen LogP contribution in [0.3, 0.4) is 0 Å². The summed E-state index contributed by atoms with van der Waals surface area (Å²) in [6, 6.07) is 4.83. The Bertz CT molecular complexity index is 746. The number of carbonyl (C=O) groups is 1. The van der Waals surface area contributed by atoms with Gasteiger partial charge in [-0.3, -0.25) is 4.68 Å². The Morgan fingerprint density at radius 2 is 2.08 bits per heavy atom. The van der Waals surface area contributed by atoms with E-state index >= 15 is 0 Å². The van der Waals surface area contributed by atoms with Gasteiger partial charge in [0.2, 0.25) is 0 Å². The number of amides is 2. The lowest BCUT2D eigenvalue weighted by molar-refractivity contribution is 0.182. The number of hydrogen-bond acceptors (Lipinski definition) is 4. The predicted octanol–water partition coefficient (Wildman–Crippen LogP) is 3.13. The smallest absolute Gasteiger partial charge is 0.319 e. The summed E-state index contributed by atoms with van der Waals surface area (Å²) in [5, 5.41) is 10.5. The number of nitrogens with one attached hydrogen (secondary N) is 2. The fraction of sp³-hybridized carbons (Fsp3) is 0.412. The molecule has 0 unspecified atom stereocenters. The number of ether oxygens (including phenoxy) is 2. The van der Waals surface area contributed by atoms with Crippen molar-refractivity contribution in [1.29, 1.82) is 0 Å². The molecule has 136 valence electrons. The van der Waals surface area contributed by atoms with Crippen LogP contribution < -0.4 is 15.4 Å². The van der Waals surface area contributed by atoms with Crippen LogP contribution in [0, 0.1) is 13.8 Å². The molecule has 1 heterocycles. The molecule has 2 rings (SSSR count). The van der Waals surface area contributed by atoms with Crippen molar-refractivity contribution in [1.82, 2.24) is 15.1 Å². The number of nitrogens with zero attached hydrogens (tertiary/aromatic N) is 2. The third-order valence-electron chi connectivity index (χ3n) is 3.88. The maximum absolute atomic E-state index is 12.2. The Balaban J connectivity index is 2.01. The zero-order valence-corrected chi connectivity index (χ0v) is 15.6. The second-order valence-electron chi connectivity index (χ2n) is 5.49. The Morgan fingerprint density at radius 3 is 2.76 bits per heavy atom. The molecule has 0 radical (unpaired) electrons. The van der Waals surface area contributed by atoms with Gasteiger partial charge >= 0.3 is 6.03 Å². The Kier molecular flexibility index (Phi) is 6.66. The molecule has 7 nitrogen and oxygen atoms in total. The lowest BCUT2D eigenvalue weighted by Gasteiger charge is -2.12. The fourth-order valence-electron chi connectivity index (χ4n) is 2.54. The molecule has 0 bridgehead atoms. The van der Waals surface area contributed by atoms with Gasteiger partial charge in [0.15, 0.2) is 5.75 Å². The van der Waals surface area contributed by atoms with Gasteiger partial charge in [-0.1, -0.05) is 17.7 Å². The van der Waals surface area contributed by atoms with E-state index in [0.717, 1.165) is 17.0 Å². The van der Waals surface area contributed by atoms with Crippen molar-refractivity contribution in [2.24, 2.45) is 0 Å². The van der Waals surface area contributed by atoms with Crippen molar-refractivity contribution in [3.05, 3.63) is 40.2 Å². The lowest BCUT2D eigenvalue weighted by Crippen LogP contribution is -2.28. The molecular weight excluding hydrogens is 344 g/mol. The maximum Gasteiger partial charge on any atom is 0.319 e. The molecule has 0 fully saturated rings. The highest BCUT2D eigenvalue weighted by atomic mass is 35.5. The molecule has 0 saturated carbocycles. The molecular formula is C17H23ClN4O3. The number of hydrogen-bond donors (Lipinski definition) is 2. The van der Waals surface area contributed by atoms with Crippen LogP contribution in [-0.4, -0.2) is 36.6 Å². The average Bonchev–Trinajstić information content (AvgIpc) is 2.85. The normalized spacial score (nSPS) is 10.6. The number of aryl methyl sites for hydroxylation is 1. The van der Waals surface area contributed by atoms with Gasteiger partial charge in [0, 0.05) is 24.9 Å². The lowest BCUT2D eigenvalue weighted by atomic mass is 10.2. The van der Waals surface area contributed by atoms with Gasteiger partial charge in [0.05, 0.1) is 36.7 Å². The number of urea groups is 1. The van der Waals surface area contributed by atoms with Crippen molar-refractivity contribution in [3.8, 4) is 5.75 Å². The minimum atomic E-state index is -0.344. The first-order valence-corrected chi connectivity index (χ1v) is 8.24. The number of para-hydroxylation sites is 1. The van der Waals surface area contributed by atoms with E-state index in [4.69, 9.17) is 21.1 Å². The molecule has 2 amide bonds. The third kappa shape index (κ3) is 4.64. The molecule has 25 heavy (non-hydrogen) atoms. The maximum atomic E-state index is 12.2. The van der Waals surface area contributed by atoms with Crippen LogP contribution >= 0.6 is 11.6 Å². The van der Waals surface area contributed by atoms with E-state index in [1.165, 1.54) is 7.11 Å². The molecule has 0 atom stereocenters. The minimum Gasteiger partial charge on any atom is -0.493 e. The van der Waals surface area contributed by atoms with Crippen LogP contribution in [0.15, 0.2) is 18.2 Å². The van der Waals surface area contributed by atoms with Crippen LogP contribution in [0.2, 0.25) is 5.02 Å². The molecule has 0 aliphatic carbocycles. The number of halogens is 1. The molecule has 0 aliphatic heterocycles. The van der Waals surface area contributed by atoms with E-state index in [1.807, 2.05) is 18.5 Å². The summed E-state index contributed by atoms with van der Waals surface area (Å²) in [7, 11) is 3.16. The highest BCUT2D eigenvalue weighted by Gasteiger charge is 2.14. The van der Waals surface area contributed by atoms with E-state index in [0.29, 0.717) is 36.2 Å². The standard InChI is InChI=1S/C17H23ClN4O3/c1-11-13(12(2)22(21-11)8-9-24-3)10-19-17(23)20-15-7-5-6-14(18)16(15)25-4/h5-7H,8-10H2,1-4H3,(H2,19,20,23). The van der Waals surface area contributed by atoms with Crippen LogP contribution in [-0.2, 0) is 17.8 Å². The van der Waals surface area contributed by atoms with Gasteiger partial charge < -0.3 is 20.1 Å². The highest BCUT2D eigenvalue weighted by Crippen LogP contribution is 2.32. The summed E-state index contributed by atoms with van der Waals surface area (Å²) in [4.78, 5) is 12.2. The molecule has 2 aromatic rings. The van der Waals surface area contributed by atoms with E-state index in [2.05, 4.69) is 15.7 Å². The summed E-state index contributed by atoms with van der Waals surface area (Å²) < 4.78 is 12.2. The zero-order chi connectivity index (χ0) is 18.4. The van der Waals surface area contributed by atoms with Gasteiger partial charge in [0.25, 0.3) is 0 Å². The number of benzene rings is 1. The molecule has 1 aromatic heterocycles. The van der Waals surface area contributed by atoms with E-state index in [-0.39, 0.29) is 6.03 Å². The van der Waals surface area contributed by atoms with Crippen molar-refractivity contribution in [3.63, 3.8) is 0 Å². The van der Waals surface area contributed by atoms with Crippen molar-refractivity contribution < 1.29 is 14.3 Å². The summed E-state index contributed by atoms with van der Waals surface area (Å²) in [5.41, 5.74) is 3.39. The molecule has 2 N–H and O–H groups in total. The molecule has 0 saturated heterocycles. The van der Waals surface area contributed by atoms with Crippen LogP contribution in [0.4, 0.5) is 10.5 Å². The first kappa shape index (κ1) is 19.1. The second-order valence-corrected chi connectivity index (χ2v) is 5.90. The van der Waals surface area contributed by atoms with Gasteiger partial charge in [-0.2, -0.15) is 5.10 Å². The van der Waals surface area contributed by atoms with Crippen LogP contribution in [0.1, 0.15) is 17.0 Å². The van der Waals surface area contributed by atoms with Crippen molar-refractivity contribution >= 4 is 23.3 Å². The van der Waals surface area contributed by atoms with Gasteiger partial charge in [-0.15, -0.1) is 0 Å². The van der Waals surface area contributed by atoms with E-state index < -0.39 is 0 Å². The van der Waals surface area contributed by atoms with Crippen LogP contribution in [0.5, 0.6) is 5.75 Å². The van der Waals surface area contributed by atoms with E-state index in [9.17, 15) is 4.79 Å². The van der Waals surface area contributed by atoms with Gasteiger partial charge in [-0.05, 0) is 26.0 Å². The zero-order valence-electron chi connectivity index (χ0n) is 14.9. The average molecular weight is 367 g/mol. The molecule has 0 aliphatic rings. The summed E-state index contributed by atoms with van der Waals surface area (Å²) in [5.74, 6) is 0.430.